The highest BCUT2D eigenvalue weighted by Gasteiger charge is 2.42. The summed E-state index contributed by atoms with van der Waals surface area (Å²) in [5.74, 6) is -2.71. The van der Waals surface area contributed by atoms with Crippen LogP contribution in [0.15, 0.2) is 52.3 Å². The molecule has 0 saturated carbocycles. The second-order valence-electron chi connectivity index (χ2n) is 5.80. The average Bonchev–Trinajstić information content (AvgIpc) is 2.79. The molecule has 2 aromatic carbocycles. The number of benzene rings is 2. The highest BCUT2D eigenvalue weighted by Crippen LogP contribution is 2.41. The molecule has 0 amide bonds. The van der Waals surface area contributed by atoms with Crippen LogP contribution in [-0.2, 0) is 22.2 Å². The van der Waals surface area contributed by atoms with Crippen LogP contribution in [0.1, 0.15) is 27.0 Å². The summed E-state index contributed by atoms with van der Waals surface area (Å²) in [5.41, 5.74) is -4.99. The molecule has 1 aliphatic rings. The number of hydrogen-bond acceptors (Lipinski definition) is 4. The van der Waals surface area contributed by atoms with E-state index in [2.05, 4.69) is 0 Å². The van der Waals surface area contributed by atoms with Crippen LogP contribution in [0.5, 0.6) is 0 Å². The molecule has 0 aliphatic carbocycles. The molecule has 0 bridgehead atoms. The lowest BCUT2D eigenvalue weighted by atomic mass is 10.0. The van der Waals surface area contributed by atoms with Gasteiger partial charge in [-0.15, -0.1) is 0 Å². The molecular formula is C17H8F6O4S. The summed E-state index contributed by atoms with van der Waals surface area (Å²) in [5, 5.41) is 10.1. The van der Waals surface area contributed by atoms with Gasteiger partial charge in [-0.25, -0.2) is 8.42 Å². The van der Waals surface area contributed by atoms with Gasteiger partial charge in [-0.05, 0) is 30.3 Å². The molecule has 0 aromatic heterocycles. The summed E-state index contributed by atoms with van der Waals surface area (Å²) in [6, 6.07) is 4.84. The zero-order chi connectivity index (χ0) is 21.1. The Bertz CT molecular complexity index is 1090. The van der Waals surface area contributed by atoms with E-state index in [1.165, 1.54) is 12.1 Å². The molecule has 4 nitrogen and oxygen atoms in total. The number of Topliss-reactive ketones (excluding diaryl/α,β-unsaturated/α-hetero) is 1. The molecule has 148 valence electrons. The van der Waals surface area contributed by atoms with Crippen molar-refractivity contribution in [2.75, 3.05) is 0 Å². The van der Waals surface area contributed by atoms with E-state index in [-0.39, 0.29) is 23.8 Å². The molecule has 28 heavy (non-hydrogen) atoms. The van der Waals surface area contributed by atoms with E-state index in [4.69, 9.17) is 0 Å². The number of ketones is 1. The van der Waals surface area contributed by atoms with Crippen molar-refractivity contribution >= 4 is 21.4 Å². The van der Waals surface area contributed by atoms with E-state index < -0.39 is 60.2 Å². The predicted octanol–water partition coefficient (Wildman–Crippen LogP) is 4.62. The first-order valence-electron chi connectivity index (χ1n) is 7.36. The van der Waals surface area contributed by atoms with Crippen LogP contribution >= 0.6 is 0 Å². The van der Waals surface area contributed by atoms with Gasteiger partial charge in [0.05, 0.1) is 16.0 Å². The van der Waals surface area contributed by atoms with Crippen molar-refractivity contribution in [3.63, 3.8) is 0 Å². The fraction of sp³-hybridized carbons (Fsp3) is 0.118. The van der Waals surface area contributed by atoms with E-state index in [0.717, 1.165) is 12.1 Å². The minimum atomic E-state index is -5.22. The maximum absolute atomic E-state index is 13.0. The van der Waals surface area contributed by atoms with Crippen LogP contribution in [0.2, 0.25) is 0 Å². The van der Waals surface area contributed by atoms with Gasteiger partial charge >= 0.3 is 12.4 Å². The van der Waals surface area contributed by atoms with E-state index in [1.54, 1.807) is 0 Å². The van der Waals surface area contributed by atoms with Gasteiger partial charge in [0.15, 0.2) is 4.91 Å². The number of fused-ring (bicyclic) bond motifs is 1. The lowest BCUT2D eigenvalue weighted by molar-refractivity contribution is -0.143. The summed E-state index contributed by atoms with van der Waals surface area (Å²) in [6.45, 7) is 0. The number of alkyl halides is 6. The number of allylic oxidation sites excluding steroid dienone is 1. The first-order chi connectivity index (χ1) is 12.7. The zero-order valence-electron chi connectivity index (χ0n) is 13.4. The Labute approximate surface area is 153 Å². The normalized spacial score (nSPS) is 16.2. The topological polar surface area (TPSA) is 71.4 Å². The first-order valence-corrected chi connectivity index (χ1v) is 8.85. The standard InChI is InChI=1S/C17H8F6O4S/c18-16(19,20)9-5-8(6-10(7-9)17(21,22)23)13(24)15-14(25)11-3-1-2-4-12(11)28(15,26)27/h1-7,25H. The van der Waals surface area contributed by atoms with Gasteiger partial charge in [0.2, 0.25) is 15.6 Å². The minimum absolute atomic E-state index is 0.107. The van der Waals surface area contributed by atoms with Gasteiger partial charge in [0.25, 0.3) is 0 Å². The summed E-state index contributed by atoms with van der Waals surface area (Å²) in [6.07, 6.45) is -10.4. The van der Waals surface area contributed by atoms with Crippen LogP contribution in [0.3, 0.4) is 0 Å². The molecule has 0 saturated heterocycles. The largest absolute Gasteiger partial charge is 0.506 e. The molecule has 1 aliphatic heterocycles. The number of aliphatic hydroxyl groups is 1. The van der Waals surface area contributed by atoms with Crippen molar-refractivity contribution in [3.8, 4) is 0 Å². The van der Waals surface area contributed by atoms with Crippen molar-refractivity contribution in [2.24, 2.45) is 0 Å². The third-order valence-electron chi connectivity index (χ3n) is 3.97. The van der Waals surface area contributed by atoms with Crippen molar-refractivity contribution in [3.05, 3.63) is 69.6 Å². The van der Waals surface area contributed by atoms with Gasteiger partial charge in [-0.1, -0.05) is 12.1 Å². The molecule has 0 spiro atoms. The van der Waals surface area contributed by atoms with Crippen molar-refractivity contribution in [1.29, 1.82) is 0 Å². The molecule has 0 fully saturated rings. The van der Waals surface area contributed by atoms with Crippen molar-refractivity contribution < 1.29 is 44.7 Å². The van der Waals surface area contributed by atoms with Crippen molar-refractivity contribution in [1.82, 2.24) is 0 Å². The SMILES string of the molecule is O=C(C1=C(O)c2ccccc2S1(=O)=O)c1cc(C(F)(F)F)cc(C(F)(F)F)c1. The highest BCUT2D eigenvalue weighted by molar-refractivity contribution is 7.97. The molecule has 11 heteroatoms. The number of aliphatic hydroxyl groups excluding tert-OH is 1. The fourth-order valence-corrected chi connectivity index (χ4v) is 4.36. The van der Waals surface area contributed by atoms with Gasteiger partial charge in [-0.3, -0.25) is 4.79 Å². The molecule has 0 atom stereocenters. The molecule has 0 radical (unpaired) electrons. The summed E-state index contributed by atoms with van der Waals surface area (Å²) in [7, 11) is -4.62. The fourth-order valence-electron chi connectivity index (χ4n) is 2.70. The van der Waals surface area contributed by atoms with Crippen LogP contribution in [0.4, 0.5) is 26.3 Å². The zero-order valence-corrected chi connectivity index (χ0v) is 14.2. The Balaban J connectivity index is 2.23. The number of carbonyl (C=O) groups excluding carboxylic acids is 1. The monoisotopic (exact) mass is 422 g/mol. The molecule has 3 rings (SSSR count). The maximum Gasteiger partial charge on any atom is 0.416 e. The van der Waals surface area contributed by atoms with Crippen LogP contribution in [-0.4, -0.2) is 19.3 Å². The van der Waals surface area contributed by atoms with Crippen LogP contribution in [0.25, 0.3) is 5.76 Å². The smallest absolute Gasteiger partial charge is 0.416 e. The van der Waals surface area contributed by atoms with Crippen LogP contribution < -0.4 is 0 Å². The van der Waals surface area contributed by atoms with E-state index in [0.29, 0.717) is 0 Å². The van der Waals surface area contributed by atoms with E-state index in [9.17, 15) is 44.7 Å². The Morgan fingerprint density at radius 3 is 1.82 bits per heavy atom. The molecular weight excluding hydrogens is 414 g/mol. The maximum atomic E-state index is 13.0. The predicted molar refractivity (Wildman–Crippen MR) is 84.0 cm³/mol. The average molecular weight is 422 g/mol. The lowest BCUT2D eigenvalue weighted by Gasteiger charge is -2.14. The molecule has 1 N–H and O–H groups in total. The minimum Gasteiger partial charge on any atom is -0.506 e. The Morgan fingerprint density at radius 1 is 0.857 bits per heavy atom. The second kappa shape index (κ2) is 6.09. The van der Waals surface area contributed by atoms with Crippen molar-refractivity contribution in [2.45, 2.75) is 17.2 Å². The Kier molecular flexibility index (Phi) is 4.34. The summed E-state index contributed by atoms with van der Waals surface area (Å²) < 4.78 is 103. The first kappa shape index (κ1) is 19.9. The van der Waals surface area contributed by atoms with E-state index in [1.807, 2.05) is 0 Å². The number of sulfone groups is 1. The second-order valence-corrected chi connectivity index (χ2v) is 7.66. The quantitative estimate of drug-likeness (QED) is 0.566. The third kappa shape index (κ3) is 3.15. The van der Waals surface area contributed by atoms with Gasteiger partial charge in [-0.2, -0.15) is 26.3 Å². The highest BCUT2D eigenvalue weighted by atomic mass is 32.2. The van der Waals surface area contributed by atoms with Gasteiger partial charge < -0.3 is 5.11 Å². The van der Waals surface area contributed by atoms with Crippen LogP contribution in [0, 0.1) is 0 Å². The number of rotatable bonds is 2. The molecule has 2 aromatic rings. The molecule has 0 unspecified atom stereocenters. The van der Waals surface area contributed by atoms with E-state index >= 15 is 0 Å². The molecule has 1 heterocycles. The van der Waals surface area contributed by atoms with Gasteiger partial charge in [0.1, 0.15) is 5.76 Å². The summed E-state index contributed by atoms with van der Waals surface area (Å²) >= 11 is 0. The lowest BCUT2D eigenvalue weighted by Crippen LogP contribution is -2.16. The Morgan fingerprint density at radius 2 is 1.36 bits per heavy atom. The number of hydrogen-bond donors (Lipinski definition) is 1. The summed E-state index contributed by atoms with van der Waals surface area (Å²) in [4.78, 5) is 10.8. The number of carbonyl (C=O) groups is 1. The third-order valence-corrected chi connectivity index (χ3v) is 5.82. The van der Waals surface area contributed by atoms with Gasteiger partial charge in [0, 0.05) is 11.1 Å². The Hall–Kier alpha value is -2.82. The number of halogens is 6.